The van der Waals surface area contributed by atoms with Crippen LogP contribution in [-0.2, 0) is 5.41 Å². The van der Waals surface area contributed by atoms with E-state index in [4.69, 9.17) is 0 Å². The fourth-order valence-corrected chi connectivity index (χ4v) is 11.1. The quantitative estimate of drug-likeness (QED) is 0.157. The lowest BCUT2D eigenvalue weighted by Crippen LogP contribution is -2.19. The van der Waals surface area contributed by atoms with Gasteiger partial charge in [0.1, 0.15) is 0 Å². The highest BCUT2D eigenvalue weighted by Crippen LogP contribution is 2.53. The van der Waals surface area contributed by atoms with Gasteiger partial charge in [0.2, 0.25) is 0 Å². The van der Waals surface area contributed by atoms with E-state index in [0.29, 0.717) is 5.92 Å². The predicted octanol–water partition coefficient (Wildman–Crippen LogP) is 16.3. The van der Waals surface area contributed by atoms with Gasteiger partial charge in [-0.2, -0.15) is 0 Å². The Hall–Kier alpha value is -7.02. The Kier molecular flexibility index (Phi) is 6.72. The van der Waals surface area contributed by atoms with Gasteiger partial charge in [-0.05, 0) is 151 Å². The van der Waals surface area contributed by atoms with E-state index in [1.165, 1.54) is 120 Å². The predicted molar refractivity (Wildman–Crippen MR) is 253 cm³/mol. The van der Waals surface area contributed by atoms with Crippen LogP contribution in [0.3, 0.4) is 0 Å². The summed E-state index contributed by atoms with van der Waals surface area (Å²) in [5, 5.41) is 16.0. The van der Waals surface area contributed by atoms with Gasteiger partial charge in [0.25, 0.3) is 0 Å². The summed E-state index contributed by atoms with van der Waals surface area (Å²) in [5.74, 6) is 0.354. The number of benzene rings is 11. The van der Waals surface area contributed by atoms with Crippen LogP contribution in [0, 0.1) is 0 Å². The highest BCUT2D eigenvalue weighted by atomic mass is 14.4. The van der Waals surface area contributed by atoms with Crippen molar-refractivity contribution in [1.82, 2.24) is 0 Å². The molecule has 0 N–H and O–H groups in total. The number of allylic oxidation sites excluding steroid dienone is 4. The smallest absolute Gasteiger partial charge is 0.0121 e. The summed E-state index contributed by atoms with van der Waals surface area (Å²) in [7, 11) is 0. The topological polar surface area (TPSA) is 0 Å². The average molecular weight is 749 g/mol. The molecule has 0 heteroatoms. The summed E-state index contributed by atoms with van der Waals surface area (Å²) in [6.45, 7) is 4.86. The van der Waals surface area contributed by atoms with Gasteiger partial charge in [-0.25, -0.2) is 0 Å². The summed E-state index contributed by atoms with van der Waals surface area (Å²) in [6.07, 6.45) is 5.89. The van der Waals surface area contributed by atoms with E-state index in [-0.39, 0.29) is 5.41 Å². The lowest BCUT2D eigenvalue weighted by molar-refractivity contribution is 0.591. The summed E-state index contributed by atoms with van der Waals surface area (Å²) >= 11 is 0. The molecule has 11 aromatic rings. The van der Waals surface area contributed by atoms with Crippen LogP contribution in [0.1, 0.15) is 42.9 Å². The van der Waals surface area contributed by atoms with E-state index in [2.05, 4.69) is 202 Å². The zero-order chi connectivity index (χ0) is 39.0. The summed E-state index contributed by atoms with van der Waals surface area (Å²) < 4.78 is 0. The fraction of sp³-hybridized carbons (Fsp3) is 0.0847. The molecule has 11 aromatic carbocycles. The van der Waals surface area contributed by atoms with Gasteiger partial charge in [-0.15, -0.1) is 0 Å². The molecular weight excluding hydrogens is 709 g/mol. The molecule has 0 saturated heterocycles. The van der Waals surface area contributed by atoms with Gasteiger partial charge in [-0.3, -0.25) is 0 Å². The van der Waals surface area contributed by atoms with Crippen molar-refractivity contribution in [2.75, 3.05) is 0 Å². The Morgan fingerprint density at radius 3 is 1.61 bits per heavy atom. The van der Waals surface area contributed by atoms with Crippen molar-refractivity contribution in [3.05, 3.63) is 210 Å². The first-order chi connectivity index (χ1) is 29.0. The highest BCUT2D eigenvalue weighted by Gasteiger charge is 2.39. The van der Waals surface area contributed by atoms with E-state index in [1.807, 2.05) is 0 Å². The maximum absolute atomic E-state index is 2.47. The minimum absolute atomic E-state index is 0.0480. The molecule has 0 saturated carbocycles. The minimum Gasteiger partial charge on any atom is -0.0761 e. The number of hydrogen-bond donors (Lipinski definition) is 0. The molecule has 0 spiro atoms. The molecule has 0 aliphatic heterocycles. The molecule has 0 fully saturated rings. The molecular formula is C59H40. The van der Waals surface area contributed by atoms with E-state index in [9.17, 15) is 0 Å². The molecule has 1 atom stereocenters. The largest absolute Gasteiger partial charge is 0.0761 e. The van der Waals surface area contributed by atoms with Gasteiger partial charge < -0.3 is 0 Å². The summed E-state index contributed by atoms with van der Waals surface area (Å²) in [5.41, 5.74) is 14.8. The molecule has 0 aromatic heterocycles. The van der Waals surface area contributed by atoms with E-state index in [1.54, 1.807) is 5.57 Å². The van der Waals surface area contributed by atoms with Crippen LogP contribution in [-0.4, -0.2) is 0 Å². The summed E-state index contributed by atoms with van der Waals surface area (Å²) in [4.78, 5) is 0. The van der Waals surface area contributed by atoms with Crippen LogP contribution in [0.2, 0.25) is 0 Å². The van der Waals surface area contributed by atoms with Gasteiger partial charge in [0.05, 0.1) is 0 Å². The van der Waals surface area contributed by atoms with Crippen molar-refractivity contribution in [2.24, 2.45) is 0 Å². The lowest BCUT2D eigenvalue weighted by Gasteiger charge is -2.29. The van der Waals surface area contributed by atoms with Crippen molar-refractivity contribution >= 4 is 70.2 Å². The van der Waals surface area contributed by atoms with Gasteiger partial charge in [0, 0.05) is 11.3 Å². The van der Waals surface area contributed by atoms with Crippen molar-refractivity contribution in [3.8, 4) is 33.4 Å². The molecule has 1 unspecified atom stereocenters. The van der Waals surface area contributed by atoms with Crippen molar-refractivity contribution in [2.45, 2.75) is 31.6 Å². The normalized spacial score (nSPS) is 16.1. The minimum atomic E-state index is -0.0480. The third-order valence-electron chi connectivity index (χ3n) is 14.2. The fourth-order valence-electron chi connectivity index (χ4n) is 11.1. The van der Waals surface area contributed by atoms with Gasteiger partial charge in [-0.1, -0.05) is 183 Å². The first-order valence-corrected chi connectivity index (χ1v) is 21.1. The zero-order valence-corrected chi connectivity index (χ0v) is 33.2. The Morgan fingerprint density at radius 1 is 0.407 bits per heavy atom. The second-order valence-electron chi connectivity index (χ2n) is 17.6. The number of rotatable bonds is 4. The maximum Gasteiger partial charge on any atom is 0.0121 e. The van der Waals surface area contributed by atoms with Crippen LogP contribution >= 0.6 is 0 Å². The van der Waals surface area contributed by atoms with Crippen LogP contribution in [0.5, 0.6) is 0 Å². The van der Waals surface area contributed by atoms with E-state index < -0.39 is 0 Å². The zero-order valence-electron chi connectivity index (χ0n) is 33.2. The Balaban J connectivity index is 0.779. The van der Waals surface area contributed by atoms with E-state index in [0.717, 1.165) is 6.42 Å². The highest BCUT2D eigenvalue weighted by molar-refractivity contribution is 6.26. The molecule has 0 heterocycles. The Bertz CT molecular complexity index is 3510. The third kappa shape index (κ3) is 4.78. The van der Waals surface area contributed by atoms with Crippen LogP contribution < -0.4 is 0 Å². The average Bonchev–Trinajstić information content (AvgIpc) is 3.51. The monoisotopic (exact) mass is 748 g/mol. The molecule has 276 valence electrons. The maximum atomic E-state index is 2.47. The van der Waals surface area contributed by atoms with E-state index >= 15 is 0 Å². The van der Waals surface area contributed by atoms with Crippen LogP contribution in [0.15, 0.2) is 194 Å². The second-order valence-corrected chi connectivity index (χ2v) is 17.6. The molecule has 0 radical (unpaired) electrons. The van der Waals surface area contributed by atoms with Gasteiger partial charge >= 0.3 is 0 Å². The molecule has 0 bridgehead atoms. The SMILES string of the molecule is CC1(C)C2=C(C=CC(c3ccc(-c4cc5ccc6cccc7ccc(c4)c5c67)cc3)C2)c2ccc(-c3ccc(-c4cc5cccc6ccc7cccc4c7c65)cc3)cc21. The molecule has 59 heavy (non-hydrogen) atoms. The van der Waals surface area contributed by atoms with Gasteiger partial charge in [0.15, 0.2) is 0 Å². The molecule has 13 rings (SSSR count). The standard InChI is InChI=1S/C59H40/c1-59(2)53-33-43(35-12-14-37(15-13-35)48-30-46-24-22-39-6-3-7-40-23-25-47(31-48)57(46)55(39)40)26-28-49(53)50-29-27-44(34-54(50)59)36-16-18-38(19-17-36)52-32-45-10-4-8-41-20-21-42-9-5-11-51(52)58(42)56(41)45/h3-32,34,43H,33H2,1-2H3. The van der Waals surface area contributed by atoms with Crippen molar-refractivity contribution in [3.63, 3.8) is 0 Å². The molecule has 0 nitrogen and oxygen atoms in total. The molecule has 0 amide bonds. The summed E-state index contributed by atoms with van der Waals surface area (Å²) in [6, 6.07) is 66.6. The second kappa shape index (κ2) is 12.0. The first kappa shape index (κ1) is 33.0. The molecule has 2 aliphatic rings. The number of hydrogen-bond acceptors (Lipinski definition) is 0. The van der Waals surface area contributed by atoms with Crippen LogP contribution in [0.25, 0.3) is 104 Å². The molecule has 2 aliphatic carbocycles. The first-order valence-electron chi connectivity index (χ1n) is 21.1. The lowest BCUT2D eigenvalue weighted by atomic mass is 9.74. The van der Waals surface area contributed by atoms with Crippen molar-refractivity contribution < 1.29 is 0 Å². The van der Waals surface area contributed by atoms with Crippen LogP contribution in [0.4, 0.5) is 0 Å². The Labute approximate surface area is 344 Å². The number of fused-ring (bicyclic) bond motifs is 2. The third-order valence-corrected chi connectivity index (χ3v) is 14.2. The van der Waals surface area contributed by atoms with Crippen molar-refractivity contribution in [1.29, 1.82) is 0 Å². The Morgan fingerprint density at radius 2 is 0.915 bits per heavy atom.